The van der Waals surface area contributed by atoms with Gasteiger partial charge in [-0.3, -0.25) is 9.36 Å². The monoisotopic (exact) mass is 319 g/mol. The van der Waals surface area contributed by atoms with E-state index in [1.807, 2.05) is 7.05 Å². The van der Waals surface area contributed by atoms with Gasteiger partial charge in [-0.1, -0.05) is 20.8 Å². The number of nitrogens with zero attached hydrogens (tertiary/aromatic N) is 2. The third kappa shape index (κ3) is 4.61. The molecule has 126 valence electrons. The second-order valence-corrected chi connectivity index (χ2v) is 7.20. The average molecular weight is 319 g/mol. The van der Waals surface area contributed by atoms with E-state index in [0.717, 1.165) is 31.6 Å². The van der Waals surface area contributed by atoms with Crippen LogP contribution >= 0.6 is 0 Å². The minimum absolute atomic E-state index is 0.0494. The van der Waals surface area contributed by atoms with Gasteiger partial charge in [0.2, 0.25) is 0 Å². The molecule has 0 spiro atoms. The van der Waals surface area contributed by atoms with Crippen molar-refractivity contribution in [3.63, 3.8) is 0 Å². The first-order valence-electron chi connectivity index (χ1n) is 8.15. The van der Waals surface area contributed by atoms with Crippen molar-refractivity contribution in [3.05, 3.63) is 40.2 Å². The molecule has 0 unspecified atom stereocenters. The highest BCUT2D eigenvalue weighted by atomic mass is 19.1. The summed E-state index contributed by atoms with van der Waals surface area (Å²) in [6, 6.07) is 4.23. The molecule has 1 aromatic carbocycles. The Morgan fingerprint density at radius 1 is 1.26 bits per heavy atom. The van der Waals surface area contributed by atoms with Crippen LogP contribution in [0.4, 0.5) is 4.39 Å². The summed E-state index contributed by atoms with van der Waals surface area (Å²) in [6.07, 6.45) is 2.74. The van der Waals surface area contributed by atoms with Gasteiger partial charge >= 0.3 is 0 Å². The van der Waals surface area contributed by atoms with Crippen LogP contribution in [0.2, 0.25) is 0 Å². The van der Waals surface area contributed by atoms with E-state index in [9.17, 15) is 9.18 Å². The topological polar surface area (TPSA) is 46.9 Å². The summed E-state index contributed by atoms with van der Waals surface area (Å²) in [7, 11) is 1.93. The molecule has 0 saturated heterocycles. The first-order valence-corrected chi connectivity index (χ1v) is 8.15. The van der Waals surface area contributed by atoms with Gasteiger partial charge in [0.1, 0.15) is 11.6 Å². The number of benzene rings is 1. The van der Waals surface area contributed by atoms with Crippen LogP contribution in [0.25, 0.3) is 10.9 Å². The van der Waals surface area contributed by atoms with Gasteiger partial charge in [-0.2, -0.15) is 0 Å². The minimum Gasteiger partial charge on any atom is -0.320 e. The maximum atomic E-state index is 13.5. The molecule has 0 fully saturated rings. The Balaban J connectivity index is 2.47. The number of hydrogen-bond acceptors (Lipinski definition) is 3. The predicted octanol–water partition coefficient (Wildman–Crippen LogP) is 3.12. The fourth-order valence-corrected chi connectivity index (χ4v) is 2.65. The predicted molar refractivity (Wildman–Crippen MR) is 92.3 cm³/mol. The van der Waals surface area contributed by atoms with Gasteiger partial charge in [0.05, 0.1) is 10.9 Å². The first-order chi connectivity index (χ1) is 10.8. The van der Waals surface area contributed by atoms with E-state index in [1.165, 1.54) is 12.1 Å². The van der Waals surface area contributed by atoms with Crippen LogP contribution in [0.1, 0.15) is 39.4 Å². The summed E-state index contributed by atoms with van der Waals surface area (Å²) in [4.78, 5) is 17.4. The highest BCUT2D eigenvalue weighted by molar-refractivity contribution is 5.77. The number of rotatable bonds is 6. The molecule has 2 rings (SSSR count). The molecule has 0 bridgehead atoms. The molecule has 0 aliphatic rings. The Hall–Kier alpha value is -1.75. The number of unbranched alkanes of at least 4 members (excludes halogenated alkanes) is 1. The van der Waals surface area contributed by atoms with Crippen molar-refractivity contribution in [2.75, 3.05) is 13.6 Å². The van der Waals surface area contributed by atoms with Gasteiger partial charge in [0, 0.05) is 13.0 Å². The summed E-state index contributed by atoms with van der Waals surface area (Å²) < 4.78 is 15.2. The molecular formula is C18H26FN3O. The maximum Gasteiger partial charge on any atom is 0.261 e. The van der Waals surface area contributed by atoms with Crippen LogP contribution in [0.15, 0.2) is 23.0 Å². The third-order valence-corrected chi connectivity index (χ3v) is 3.70. The highest BCUT2D eigenvalue weighted by Crippen LogP contribution is 2.18. The van der Waals surface area contributed by atoms with Crippen LogP contribution in [-0.2, 0) is 13.0 Å². The second-order valence-electron chi connectivity index (χ2n) is 7.20. The Labute approximate surface area is 136 Å². The van der Waals surface area contributed by atoms with Crippen molar-refractivity contribution in [1.82, 2.24) is 14.9 Å². The van der Waals surface area contributed by atoms with Crippen molar-refractivity contribution in [2.24, 2.45) is 5.41 Å². The van der Waals surface area contributed by atoms with Crippen molar-refractivity contribution >= 4 is 10.9 Å². The van der Waals surface area contributed by atoms with Crippen LogP contribution < -0.4 is 10.9 Å². The van der Waals surface area contributed by atoms with E-state index in [1.54, 1.807) is 10.6 Å². The zero-order valence-corrected chi connectivity index (χ0v) is 14.4. The van der Waals surface area contributed by atoms with Gasteiger partial charge in [-0.25, -0.2) is 9.37 Å². The Kier molecular flexibility index (Phi) is 5.52. The van der Waals surface area contributed by atoms with Gasteiger partial charge < -0.3 is 5.32 Å². The van der Waals surface area contributed by atoms with Crippen molar-refractivity contribution < 1.29 is 4.39 Å². The van der Waals surface area contributed by atoms with E-state index >= 15 is 0 Å². The lowest BCUT2D eigenvalue weighted by Crippen LogP contribution is -2.31. The normalized spacial score (nSPS) is 12.0. The standard InChI is InChI=1S/C18H26FN3O/c1-18(2,3)12-22-16(7-5-6-10-20-4)21-15-9-8-13(19)11-14(15)17(22)23/h8-9,11,20H,5-7,10,12H2,1-4H3. The fraction of sp³-hybridized carbons (Fsp3) is 0.556. The Bertz CT molecular complexity index is 731. The minimum atomic E-state index is -0.402. The van der Waals surface area contributed by atoms with E-state index < -0.39 is 5.82 Å². The molecule has 1 heterocycles. The summed E-state index contributed by atoms with van der Waals surface area (Å²) >= 11 is 0. The summed E-state index contributed by atoms with van der Waals surface area (Å²) in [5.41, 5.74) is 0.380. The van der Waals surface area contributed by atoms with Crippen LogP contribution in [0.3, 0.4) is 0 Å². The zero-order chi connectivity index (χ0) is 17.0. The van der Waals surface area contributed by atoms with Crippen LogP contribution in [0, 0.1) is 11.2 Å². The van der Waals surface area contributed by atoms with Crippen LogP contribution in [0.5, 0.6) is 0 Å². The third-order valence-electron chi connectivity index (χ3n) is 3.70. The highest BCUT2D eigenvalue weighted by Gasteiger charge is 2.18. The summed E-state index contributed by atoms with van der Waals surface area (Å²) in [6.45, 7) is 7.77. The molecule has 1 N–H and O–H groups in total. The molecule has 0 atom stereocenters. The van der Waals surface area contributed by atoms with Crippen molar-refractivity contribution in [1.29, 1.82) is 0 Å². The number of halogens is 1. The van der Waals surface area contributed by atoms with E-state index in [-0.39, 0.29) is 11.0 Å². The number of hydrogen-bond donors (Lipinski definition) is 1. The van der Waals surface area contributed by atoms with Gasteiger partial charge in [-0.05, 0) is 50.0 Å². The quantitative estimate of drug-likeness (QED) is 0.832. The molecule has 0 radical (unpaired) electrons. The molecule has 1 aromatic heterocycles. The largest absolute Gasteiger partial charge is 0.320 e. The lowest BCUT2D eigenvalue weighted by molar-refractivity contribution is 0.330. The molecule has 2 aromatic rings. The lowest BCUT2D eigenvalue weighted by Gasteiger charge is -2.22. The van der Waals surface area contributed by atoms with Crippen molar-refractivity contribution in [3.8, 4) is 0 Å². The Morgan fingerprint density at radius 2 is 2.00 bits per heavy atom. The summed E-state index contributed by atoms with van der Waals surface area (Å²) in [5, 5.41) is 3.48. The van der Waals surface area contributed by atoms with E-state index in [4.69, 9.17) is 0 Å². The first kappa shape index (κ1) is 17.6. The molecule has 0 aliphatic carbocycles. The number of nitrogens with one attached hydrogen (secondary N) is 1. The van der Waals surface area contributed by atoms with Gasteiger partial charge in [0.25, 0.3) is 5.56 Å². The number of aromatic nitrogens is 2. The molecule has 0 aliphatic heterocycles. The Morgan fingerprint density at radius 3 is 2.65 bits per heavy atom. The van der Waals surface area contributed by atoms with E-state index in [0.29, 0.717) is 17.4 Å². The van der Waals surface area contributed by atoms with Gasteiger partial charge in [0.15, 0.2) is 0 Å². The molecule has 0 saturated carbocycles. The summed E-state index contributed by atoms with van der Waals surface area (Å²) in [5.74, 6) is 0.389. The second kappa shape index (κ2) is 7.21. The molecule has 23 heavy (non-hydrogen) atoms. The van der Waals surface area contributed by atoms with Crippen LogP contribution in [-0.4, -0.2) is 23.1 Å². The lowest BCUT2D eigenvalue weighted by atomic mass is 9.96. The molecule has 4 nitrogen and oxygen atoms in total. The average Bonchev–Trinajstić information content (AvgIpc) is 2.47. The number of aryl methyl sites for hydroxylation is 1. The van der Waals surface area contributed by atoms with Gasteiger partial charge in [-0.15, -0.1) is 0 Å². The van der Waals surface area contributed by atoms with Crippen molar-refractivity contribution in [2.45, 2.75) is 46.6 Å². The van der Waals surface area contributed by atoms with E-state index in [2.05, 4.69) is 31.1 Å². The smallest absolute Gasteiger partial charge is 0.261 e. The molecular weight excluding hydrogens is 293 g/mol. The molecule has 0 amide bonds. The number of fused-ring (bicyclic) bond motifs is 1. The fourth-order valence-electron chi connectivity index (χ4n) is 2.65. The SMILES string of the molecule is CNCCCCc1nc2ccc(F)cc2c(=O)n1CC(C)(C)C. The molecule has 5 heteroatoms. The zero-order valence-electron chi connectivity index (χ0n) is 14.4. The maximum absolute atomic E-state index is 13.5.